The normalized spacial score (nSPS) is 12.1. The third-order valence-corrected chi connectivity index (χ3v) is 3.14. The Balaban J connectivity index is 2.61. The molecule has 0 unspecified atom stereocenters. The molecular formula is C16H24FN. The molecule has 0 radical (unpaired) electrons. The number of allylic oxidation sites excluding steroid dienone is 1. The van der Waals surface area contributed by atoms with Crippen LogP contribution in [0.1, 0.15) is 51.5 Å². The molecule has 0 bridgehead atoms. The molecule has 18 heavy (non-hydrogen) atoms. The summed E-state index contributed by atoms with van der Waals surface area (Å²) < 4.78 is 12.8. The van der Waals surface area contributed by atoms with Crippen molar-refractivity contribution in [1.29, 1.82) is 0 Å². The van der Waals surface area contributed by atoms with Crippen LogP contribution >= 0.6 is 0 Å². The Bertz CT molecular complexity index is 361. The van der Waals surface area contributed by atoms with Gasteiger partial charge in [0.15, 0.2) is 0 Å². The standard InChI is InChI=1S/C16H24FN/c1-3-5-13(6-4-2)11-16(18)12-14-7-9-15(17)10-8-14/h7-10,12-13H,3-6,11,18H2,1-2H3/b16-12+. The first-order chi connectivity index (χ1) is 8.65. The molecular weight excluding hydrogens is 225 g/mol. The van der Waals surface area contributed by atoms with Crippen LogP contribution < -0.4 is 5.73 Å². The zero-order valence-electron chi connectivity index (χ0n) is 11.5. The minimum atomic E-state index is -0.208. The highest BCUT2D eigenvalue weighted by atomic mass is 19.1. The fourth-order valence-electron chi connectivity index (χ4n) is 2.33. The molecule has 1 aromatic carbocycles. The molecule has 0 aliphatic rings. The lowest BCUT2D eigenvalue weighted by Crippen LogP contribution is -2.07. The lowest BCUT2D eigenvalue weighted by molar-refractivity contribution is 0.436. The Labute approximate surface area is 110 Å². The van der Waals surface area contributed by atoms with Gasteiger partial charge in [0, 0.05) is 5.70 Å². The van der Waals surface area contributed by atoms with E-state index in [0.717, 1.165) is 17.7 Å². The van der Waals surface area contributed by atoms with Gasteiger partial charge in [0.25, 0.3) is 0 Å². The van der Waals surface area contributed by atoms with Crippen LogP contribution in [0.25, 0.3) is 6.08 Å². The number of benzene rings is 1. The first kappa shape index (κ1) is 14.7. The van der Waals surface area contributed by atoms with E-state index in [2.05, 4.69) is 13.8 Å². The van der Waals surface area contributed by atoms with Gasteiger partial charge in [0.05, 0.1) is 0 Å². The third kappa shape index (κ3) is 5.35. The summed E-state index contributed by atoms with van der Waals surface area (Å²) in [6, 6.07) is 6.46. The monoisotopic (exact) mass is 249 g/mol. The van der Waals surface area contributed by atoms with Crippen molar-refractivity contribution in [2.75, 3.05) is 0 Å². The Morgan fingerprint density at radius 1 is 1.17 bits per heavy atom. The summed E-state index contributed by atoms with van der Waals surface area (Å²) in [6.45, 7) is 4.42. The number of rotatable bonds is 7. The van der Waals surface area contributed by atoms with Crippen LogP contribution in [0.15, 0.2) is 30.0 Å². The number of nitrogens with two attached hydrogens (primary N) is 1. The molecule has 0 spiro atoms. The second-order valence-corrected chi connectivity index (χ2v) is 4.92. The fourth-order valence-corrected chi connectivity index (χ4v) is 2.33. The molecule has 2 N–H and O–H groups in total. The van der Waals surface area contributed by atoms with E-state index in [0.29, 0.717) is 5.92 Å². The molecule has 1 aromatic rings. The van der Waals surface area contributed by atoms with Crippen molar-refractivity contribution in [3.8, 4) is 0 Å². The number of hydrogen-bond acceptors (Lipinski definition) is 1. The van der Waals surface area contributed by atoms with Gasteiger partial charge < -0.3 is 5.73 Å². The summed E-state index contributed by atoms with van der Waals surface area (Å²) in [5.41, 5.74) is 7.94. The first-order valence-electron chi connectivity index (χ1n) is 6.87. The maximum atomic E-state index is 12.8. The van der Waals surface area contributed by atoms with Gasteiger partial charge in [-0.15, -0.1) is 0 Å². The van der Waals surface area contributed by atoms with Crippen LogP contribution in [0.3, 0.4) is 0 Å². The third-order valence-electron chi connectivity index (χ3n) is 3.14. The lowest BCUT2D eigenvalue weighted by Gasteiger charge is -2.15. The second kappa shape index (κ2) is 7.91. The predicted octanol–water partition coefficient (Wildman–Crippen LogP) is 4.73. The maximum absolute atomic E-state index is 12.8. The van der Waals surface area contributed by atoms with E-state index in [1.807, 2.05) is 6.08 Å². The van der Waals surface area contributed by atoms with E-state index in [9.17, 15) is 4.39 Å². The average Bonchev–Trinajstić information content (AvgIpc) is 2.33. The maximum Gasteiger partial charge on any atom is 0.123 e. The van der Waals surface area contributed by atoms with Crippen molar-refractivity contribution in [3.63, 3.8) is 0 Å². The molecule has 0 fully saturated rings. The van der Waals surface area contributed by atoms with Crippen LogP contribution in [0.4, 0.5) is 4.39 Å². The number of hydrogen-bond donors (Lipinski definition) is 1. The average molecular weight is 249 g/mol. The van der Waals surface area contributed by atoms with E-state index in [1.54, 1.807) is 12.1 Å². The highest BCUT2D eigenvalue weighted by Crippen LogP contribution is 2.21. The minimum Gasteiger partial charge on any atom is -0.402 e. The van der Waals surface area contributed by atoms with Gasteiger partial charge in [-0.05, 0) is 36.1 Å². The molecule has 1 nitrogen and oxygen atoms in total. The van der Waals surface area contributed by atoms with Gasteiger partial charge in [0.2, 0.25) is 0 Å². The van der Waals surface area contributed by atoms with Gasteiger partial charge in [-0.2, -0.15) is 0 Å². The van der Waals surface area contributed by atoms with Crippen molar-refractivity contribution in [1.82, 2.24) is 0 Å². The van der Waals surface area contributed by atoms with Crippen molar-refractivity contribution in [2.45, 2.75) is 46.0 Å². The first-order valence-corrected chi connectivity index (χ1v) is 6.87. The largest absolute Gasteiger partial charge is 0.402 e. The SMILES string of the molecule is CCCC(CCC)C/C(N)=C\c1ccc(F)cc1. The van der Waals surface area contributed by atoms with Crippen LogP contribution in [-0.2, 0) is 0 Å². The zero-order valence-corrected chi connectivity index (χ0v) is 11.5. The molecule has 1 rings (SSSR count). The van der Waals surface area contributed by atoms with E-state index in [1.165, 1.54) is 37.8 Å². The summed E-state index contributed by atoms with van der Waals surface area (Å²) in [5.74, 6) is 0.470. The topological polar surface area (TPSA) is 26.0 Å². The van der Waals surface area contributed by atoms with Crippen molar-refractivity contribution in [3.05, 3.63) is 41.3 Å². The molecule has 2 heteroatoms. The van der Waals surface area contributed by atoms with E-state index in [-0.39, 0.29) is 5.82 Å². The van der Waals surface area contributed by atoms with Crippen LogP contribution in [0, 0.1) is 11.7 Å². The molecule has 0 atom stereocenters. The summed E-state index contributed by atoms with van der Waals surface area (Å²) >= 11 is 0. The Kier molecular flexibility index (Phi) is 6.48. The van der Waals surface area contributed by atoms with Crippen LogP contribution in [0.2, 0.25) is 0 Å². The Hall–Kier alpha value is -1.31. The molecule has 0 aliphatic carbocycles. The van der Waals surface area contributed by atoms with Gasteiger partial charge in [-0.3, -0.25) is 0 Å². The summed E-state index contributed by atoms with van der Waals surface area (Å²) in [7, 11) is 0. The lowest BCUT2D eigenvalue weighted by atomic mass is 9.93. The number of halogens is 1. The van der Waals surface area contributed by atoms with E-state index < -0.39 is 0 Å². The highest BCUT2D eigenvalue weighted by Gasteiger charge is 2.07. The Morgan fingerprint density at radius 2 is 1.72 bits per heavy atom. The van der Waals surface area contributed by atoms with E-state index in [4.69, 9.17) is 5.73 Å². The molecule has 0 saturated heterocycles. The summed E-state index contributed by atoms with van der Waals surface area (Å²) in [4.78, 5) is 0. The molecule has 0 aliphatic heterocycles. The van der Waals surface area contributed by atoms with Gasteiger partial charge >= 0.3 is 0 Å². The molecule has 100 valence electrons. The minimum absolute atomic E-state index is 0.208. The molecule has 0 amide bonds. The highest BCUT2D eigenvalue weighted by molar-refractivity contribution is 5.51. The predicted molar refractivity (Wildman–Crippen MR) is 76.5 cm³/mol. The van der Waals surface area contributed by atoms with Crippen LogP contribution in [-0.4, -0.2) is 0 Å². The smallest absolute Gasteiger partial charge is 0.123 e. The van der Waals surface area contributed by atoms with Crippen LogP contribution in [0.5, 0.6) is 0 Å². The van der Waals surface area contributed by atoms with E-state index >= 15 is 0 Å². The van der Waals surface area contributed by atoms with Gasteiger partial charge in [0.1, 0.15) is 5.82 Å². The van der Waals surface area contributed by atoms with Gasteiger partial charge in [-0.25, -0.2) is 4.39 Å². The molecule has 0 saturated carbocycles. The quantitative estimate of drug-likeness (QED) is 0.742. The van der Waals surface area contributed by atoms with Crippen molar-refractivity contribution in [2.24, 2.45) is 11.7 Å². The Morgan fingerprint density at radius 3 is 2.22 bits per heavy atom. The van der Waals surface area contributed by atoms with Gasteiger partial charge in [-0.1, -0.05) is 51.7 Å². The fraction of sp³-hybridized carbons (Fsp3) is 0.500. The molecule has 0 heterocycles. The summed E-state index contributed by atoms with van der Waals surface area (Å²) in [6.07, 6.45) is 7.76. The molecule has 0 aromatic heterocycles. The van der Waals surface area contributed by atoms with Crippen molar-refractivity contribution >= 4 is 6.08 Å². The summed E-state index contributed by atoms with van der Waals surface area (Å²) in [5, 5.41) is 0. The second-order valence-electron chi connectivity index (χ2n) is 4.92. The van der Waals surface area contributed by atoms with Crippen molar-refractivity contribution < 1.29 is 4.39 Å². The zero-order chi connectivity index (χ0) is 13.4.